The molecular weight excluding hydrogens is 424 g/mol. The third kappa shape index (κ3) is 2.71. The van der Waals surface area contributed by atoms with Gasteiger partial charge in [0.05, 0.1) is 11.1 Å². The van der Waals surface area contributed by atoms with E-state index in [1.165, 1.54) is 12.8 Å². The Morgan fingerprint density at radius 3 is 1.38 bits per heavy atom. The lowest BCUT2D eigenvalue weighted by Crippen LogP contribution is -2.69. The number of benzene rings is 2. The Morgan fingerprint density at radius 2 is 1.03 bits per heavy atom. The van der Waals surface area contributed by atoms with Crippen LogP contribution in [0.2, 0.25) is 0 Å². The Bertz CT molecular complexity index is 1010. The van der Waals surface area contributed by atoms with Crippen LogP contribution < -0.4 is 0 Å². The molecule has 0 heterocycles. The second-order valence-electron chi connectivity index (χ2n) is 11.4. The van der Waals surface area contributed by atoms with Crippen LogP contribution in [0.15, 0.2) is 60.7 Å². The molecule has 5 rings (SSSR count). The topological polar surface area (TPSA) is 52.6 Å². The summed E-state index contributed by atoms with van der Waals surface area (Å²) in [7, 11) is 0. The molecule has 4 nitrogen and oxygen atoms in total. The third-order valence-electron chi connectivity index (χ3n) is 10.7. The summed E-state index contributed by atoms with van der Waals surface area (Å²) in [5, 5.41) is 0. The van der Waals surface area contributed by atoms with E-state index in [9.17, 15) is 9.59 Å². The van der Waals surface area contributed by atoms with Crippen LogP contribution in [0, 0.1) is 28.6 Å². The summed E-state index contributed by atoms with van der Waals surface area (Å²) < 4.78 is 13.1. The van der Waals surface area contributed by atoms with Crippen LogP contribution in [-0.4, -0.2) is 23.1 Å². The predicted octanol–water partition coefficient (Wildman–Crippen LogP) is 6.70. The number of hydrogen-bond acceptors (Lipinski definition) is 4. The first-order chi connectivity index (χ1) is 16.1. The van der Waals surface area contributed by atoms with E-state index in [0.29, 0.717) is 23.0 Å². The molecule has 3 saturated carbocycles. The molecule has 0 N–H and O–H groups in total. The Kier molecular flexibility index (Phi) is 5.24. The van der Waals surface area contributed by atoms with Crippen LogP contribution in [0.25, 0.3) is 0 Å². The number of carbonyl (C=O) groups is 2. The Hall–Kier alpha value is -2.62. The standard InChI is InChI=1S/C30H36O4/c1-20-27(2)23-18-12-13-19-24(23)28(20,3)30(5,34-26(32)22-16-10-7-11-17-22)29(27,4)33-25(31)21-14-8-6-9-15-21/h6-11,14-17,20,23-24H,12-13,18-19H2,1-5H3. The van der Waals surface area contributed by atoms with Crippen LogP contribution in [0.1, 0.15) is 81.0 Å². The van der Waals surface area contributed by atoms with Gasteiger partial charge in [0.25, 0.3) is 0 Å². The first kappa shape index (κ1) is 23.1. The number of ether oxygens (including phenoxy) is 2. The summed E-state index contributed by atoms with van der Waals surface area (Å²) in [6.07, 6.45) is 4.65. The fourth-order valence-corrected chi connectivity index (χ4v) is 8.45. The highest BCUT2D eigenvalue weighted by Crippen LogP contribution is 2.81. The van der Waals surface area contributed by atoms with E-state index in [0.717, 1.165) is 12.8 Å². The van der Waals surface area contributed by atoms with Crippen LogP contribution in [0.3, 0.4) is 0 Å². The minimum Gasteiger partial charge on any atom is -0.451 e. The first-order valence-electron chi connectivity index (χ1n) is 12.7. The molecule has 4 heteroatoms. The van der Waals surface area contributed by atoms with Crippen LogP contribution >= 0.6 is 0 Å². The van der Waals surface area contributed by atoms with E-state index in [-0.39, 0.29) is 28.7 Å². The molecule has 6 atom stereocenters. The zero-order chi connectivity index (χ0) is 24.4. The minimum absolute atomic E-state index is 0.218. The summed E-state index contributed by atoms with van der Waals surface area (Å²) >= 11 is 0. The third-order valence-corrected chi connectivity index (χ3v) is 10.7. The molecule has 6 unspecified atom stereocenters. The SMILES string of the molecule is CC1C2(C)C3CCCCC3C1(C)C(C)(OC(=O)c1ccccc1)C2(C)OC(=O)c1ccccc1. The van der Waals surface area contributed by atoms with E-state index in [1.54, 1.807) is 24.3 Å². The molecule has 0 radical (unpaired) electrons. The second-order valence-corrected chi connectivity index (χ2v) is 11.4. The highest BCUT2D eigenvalue weighted by molar-refractivity contribution is 5.91. The van der Waals surface area contributed by atoms with Gasteiger partial charge in [0, 0.05) is 10.8 Å². The van der Waals surface area contributed by atoms with Gasteiger partial charge in [-0.2, -0.15) is 0 Å². The monoisotopic (exact) mass is 460 g/mol. The molecule has 0 amide bonds. The van der Waals surface area contributed by atoms with Crippen molar-refractivity contribution in [2.75, 3.05) is 0 Å². The average Bonchev–Trinajstić information content (AvgIpc) is 3.10. The molecule has 180 valence electrons. The van der Waals surface area contributed by atoms with E-state index in [4.69, 9.17) is 9.47 Å². The van der Waals surface area contributed by atoms with E-state index in [1.807, 2.05) is 50.2 Å². The Balaban J connectivity index is 1.63. The van der Waals surface area contributed by atoms with Gasteiger partial charge in [-0.3, -0.25) is 0 Å². The molecule has 3 aliphatic rings. The number of fused-ring (bicyclic) bond motifs is 5. The quantitative estimate of drug-likeness (QED) is 0.476. The van der Waals surface area contributed by atoms with Crippen molar-refractivity contribution in [3.63, 3.8) is 0 Å². The van der Waals surface area contributed by atoms with Crippen molar-refractivity contribution in [1.29, 1.82) is 0 Å². The number of carbonyl (C=O) groups excluding carboxylic acids is 2. The summed E-state index contributed by atoms with van der Waals surface area (Å²) in [5.74, 6) is 0.357. The molecule has 0 aliphatic heterocycles. The van der Waals surface area contributed by atoms with Crippen molar-refractivity contribution in [3.8, 4) is 0 Å². The summed E-state index contributed by atoms with van der Waals surface area (Å²) in [6, 6.07) is 18.3. The second kappa shape index (κ2) is 7.69. The van der Waals surface area contributed by atoms with E-state index in [2.05, 4.69) is 20.8 Å². The molecule has 0 saturated heterocycles. The van der Waals surface area contributed by atoms with Gasteiger partial charge in [-0.05, 0) is 68.7 Å². The molecule has 3 fully saturated rings. The van der Waals surface area contributed by atoms with Crippen molar-refractivity contribution in [2.24, 2.45) is 28.6 Å². The maximum absolute atomic E-state index is 13.5. The van der Waals surface area contributed by atoms with Crippen LogP contribution in [0.4, 0.5) is 0 Å². The number of esters is 2. The van der Waals surface area contributed by atoms with Gasteiger partial charge in [0.15, 0.2) is 11.2 Å². The molecule has 34 heavy (non-hydrogen) atoms. The minimum atomic E-state index is -0.982. The lowest BCUT2D eigenvalue weighted by Gasteiger charge is -2.60. The van der Waals surface area contributed by atoms with Gasteiger partial charge in [-0.1, -0.05) is 70.0 Å². The average molecular weight is 461 g/mol. The number of rotatable bonds is 4. The smallest absolute Gasteiger partial charge is 0.338 e. The summed E-state index contributed by atoms with van der Waals surface area (Å²) in [5.41, 5.74) is -1.56. The largest absolute Gasteiger partial charge is 0.451 e. The maximum atomic E-state index is 13.5. The van der Waals surface area contributed by atoms with Gasteiger partial charge in [-0.15, -0.1) is 0 Å². The van der Waals surface area contributed by atoms with Crippen molar-refractivity contribution in [1.82, 2.24) is 0 Å². The zero-order valence-electron chi connectivity index (χ0n) is 21.0. The van der Waals surface area contributed by atoms with Crippen molar-refractivity contribution in [2.45, 2.75) is 71.5 Å². The Labute approximate surface area is 203 Å². The van der Waals surface area contributed by atoms with Crippen LogP contribution in [-0.2, 0) is 9.47 Å². The highest BCUT2D eigenvalue weighted by Gasteiger charge is 2.86. The highest BCUT2D eigenvalue weighted by atomic mass is 16.6. The molecule has 0 spiro atoms. The van der Waals surface area contributed by atoms with Crippen molar-refractivity contribution in [3.05, 3.63) is 71.8 Å². The van der Waals surface area contributed by atoms with Crippen LogP contribution in [0.5, 0.6) is 0 Å². The van der Waals surface area contributed by atoms with Crippen molar-refractivity contribution >= 4 is 11.9 Å². The fourth-order valence-electron chi connectivity index (χ4n) is 8.45. The molecular formula is C30H36O4. The predicted molar refractivity (Wildman–Crippen MR) is 131 cm³/mol. The number of hydrogen-bond donors (Lipinski definition) is 0. The molecule has 2 bridgehead atoms. The van der Waals surface area contributed by atoms with Crippen molar-refractivity contribution < 1.29 is 19.1 Å². The van der Waals surface area contributed by atoms with Gasteiger partial charge in [-0.25, -0.2) is 9.59 Å². The van der Waals surface area contributed by atoms with E-state index >= 15 is 0 Å². The van der Waals surface area contributed by atoms with Gasteiger partial charge in [0.2, 0.25) is 0 Å². The van der Waals surface area contributed by atoms with Gasteiger partial charge in [0.1, 0.15) is 0 Å². The van der Waals surface area contributed by atoms with E-state index < -0.39 is 11.2 Å². The summed E-state index contributed by atoms with van der Waals surface area (Å²) in [4.78, 5) is 27.0. The molecule has 2 aromatic rings. The molecule has 2 aromatic carbocycles. The van der Waals surface area contributed by atoms with Gasteiger partial charge >= 0.3 is 11.9 Å². The zero-order valence-corrected chi connectivity index (χ0v) is 21.0. The lowest BCUT2D eigenvalue weighted by atomic mass is 9.51. The molecule has 0 aromatic heterocycles. The molecule has 3 aliphatic carbocycles. The maximum Gasteiger partial charge on any atom is 0.338 e. The fraction of sp³-hybridized carbons (Fsp3) is 0.533. The first-order valence-corrected chi connectivity index (χ1v) is 12.7. The van der Waals surface area contributed by atoms with Gasteiger partial charge < -0.3 is 9.47 Å². The Morgan fingerprint density at radius 1 is 0.676 bits per heavy atom. The normalized spacial score (nSPS) is 40.4. The summed E-state index contributed by atoms with van der Waals surface area (Å²) in [6.45, 7) is 10.9. The lowest BCUT2D eigenvalue weighted by molar-refractivity contribution is -0.240.